The summed E-state index contributed by atoms with van der Waals surface area (Å²) in [5, 5.41) is 14.2. The molecule has 0 atom stereocenters. The van der Waals surface area contributed by atoms with Gasteiger partial charge in [-0.15, -0.1) is 5.10 Å². The van der Waals surface area contributed by atoms with Crippen LogP contribution in [0.15, 0.2) is 47.2 Å². The fraction of sp³-hybridized carbons (Fsp3) is 0.188. The highest BCUT2D eigenvalue weighted by atomic mass is 16.5. The Morgan fingerprint density at radius 2 is 2.17 bits per heavy atom. The van der Waals surface area contributed by atoms with Crippen LogP contribution in [0.3, 0.4) is 0 Å². The van der Waals surface area contributed by atoms with Crippen molar-refractivity contribution >= 4 is 17.5 Å². The van der Waals surface area contributed by atoms with Crippen molar-refractivity contribution in [2.24, 2.45) is 0 Å². The molecule has 0 saturated carbocycles. The van der Waals surface area contributed by atoms with Gasteiger partial charge in [0.05, 0.1) is 31.8 Å². The molecule has 0 amide bonds. The molecule has 23 heavy (non-hydrogen) atoms. The molecule has 118 valence electrons. The molecule has 0 aliphatic rings. The van der Waals surface area contributed by atoms with Crippen LogP contribution < -0.4 is 15.4 Å². The van der Waals surface area contributed by atoms with Crippen LogP contribution in [0.4, 0.5) is 17.5 Å². The fourth-order valence-corrected chi connectivity index (χ4v) is 2.07. The SMILES string of the molecule is COc1ccc(C)cc1Nc1nncc(NCc2ccco2)n1. The number of benzene rings is 1. The van der Waals surface area contributed by atoms with Crippen molar-refractivity contribution in [3.8, 4) is 5.75 Å². The van der Waals surface area contributed by atoms with Crippen LogP contribution >= 0.6 is 0 Å². The second kappa shape index (κ2) is 6.78. The Hall–Kier alpha value is -3.09. The van der Waals surface area contributed by atoms with Crippen LogP contribution in [0, 0.1) is 6.92 Å². The second-order valence-corrected chi connectivity index (χ2v) is 4.93. The molecule has 0 unspecified atom stereocenters. The quantitative estimate of drug-likeness (QED) is 0.723. The zero-order chi connectivity index (χ0) is 16.1. The summed E-state index contributed by atoms with van der Waals surface area (Å²) in [6.07, 6.45) is 3.19. The number of anilines is 3. The Balaban J connectivity index is 1.73. The topological polar surface area (TPSA) is 85.1 Å². The third-order valence-electron chi connectivity index (χ3n) is 3.18. The van der Waals surface area contributed by atoms with Gasteiger partial charge in [0.1, 0.15) is 11.5 Å². The fourth-order valence-electron chi connectivity index (χ4n) is 2.07. The van der Waals surface area contributed by atoms with E-state index in [1.165, 1.54) is 0 Å². The lowest BCUT2D eigenvalue weighted by Crippen LogP contribution is -2.05. The molecule has 1 aromatic carbocycles. The van der Waals surface area contributed by atoms with Gasteiger partial charge in [-0.25, -0.2) is 0 Å². The van der Waals surface area contributed by atoms with E-state index < -0.39 is 0 Å². The van der Waals surface area contributed by atoms with E-state index in [2.05, 4.69) is 25.8 Å². The lowest BCUT2D eigenvalue weighted by Gasteiger charge is -2.11. The maximum atomic E-state index is 5.33. The molecule has 7 nitrogen and oxygen atoms in total. The third kappa shape index (κ3) is 3.76. The van der Waals surface area contributed by atoms with E-state index in [9.17, 15) is 0 Å². The smallest absolute Gasteiger partial charge is 0.249 e. The average Bonchev–Trinajstić information content (AvgIpc) is 3.07. The number of aromatic nitrogens is 3. The van der Waals surface area contributed by atoms with Crippen LogP contribution in [0.5, 0.6) is 5.75 Å². The van der Waals surface area contributed by atoms with Crippen molar-refractivity contribution in [2.45, 2.75) is 13.5 Å². The Bertz CT molecular complexity index is 774. The number of nitrogens with one attached hydrogen (secondary N) is 2. The molecular formula is C16H17N5O2. The van der Waals surface area contributed by atoms with Gasteiger partial charge in [-0.2, -0.15) is 10.1 Å². The zero-order valence-corrected chi connectivity index (χ0v) is 12.9. The number of ether oxygens (including phenoxy) is 1. The molecule has 3 aromatic rings. The molecule has 2 N–H and O–H groups in total. The van der Waals surface area contributed by atoms with Gasteiger partial charge in [-0.1, -0.05) is 6.07 Å². The normalized spacial score (nSPS) is 10.3. The van der Waals surface area contributed by atoms with Crippen molar-refractivity contribution < 1.29 is 9.15 Å². The van der Waals surface area contributed by atoms with Crippen molar-refractivity contribution in [3.63, 3.8) is 0 Å². The van der Waals surface area contributed by atoms with Gasteiger partial charge >= 0.3 is 0 Å². The summed E-state index contributed by atoms with van der Waals surface area (Å²) in [7, 11) is 1.62. The van der Waals surface area contributed by atoms with E-state index in [1.807, 2.05) is 37.3 Å². The minimum Gasteiger partial charge on any atom is -0.495 e. The summed E-state index contributed by atoms with van der Waals surface area (Å²) in [4.78, 5) is 4.38. The molecule has 0 saturated heterocycles. The van der Waals surface area contributed by atoms with Crippen molar-refractivity contribution in [2.75, 3.05) is 17.7 Å². The van der Waals surface area contributed by atoms with Gasteiger partial charge in [0.25, 0.3) is 0 Å². The molecule has 0 radical (unpaired) electrons. The third-order valence-corrected chi connectivity index (χ3v) is 3.18. The van der Waals surface area contributed by atoms with Gasteiger partial charge in [-0.05, 0) is 36.8 Å². The minimum absolute atomic E-state index is 0.387. The summed E-state index contributed by atoms with van der Waals surface area (Å²) in [5.41, 5.74) is 1.89. The lowest BCUT2D eigenvalue weighted by atomic mass is 10.2. The van der Waals surface area contributed by atoms with Gasteiger partial charge in [0.2, 0.25) is 5.95 Å². The minimum atomic E-state index is 0.387. The molecule has 2 aromatic heterocycles. The number of rotatable bonds is 6. The Morgan fingerprint density at radius 3 is 2.96 bits per heavy atom. The number of furan rings is 1. The summed E-state index contributed by atoms with van der Waals surface area (Å²) >= 11 is 0. The number of methoxy groups -OCH3 is 1. The van der Waals surface area contributed by atoms with Gasteiger partial charge in [0.15, 0.2) is 5.82 Å². The average molecular weight is 311 g/mol. The summed E-state index contributed by atoms with van der Waals surface area (Å²) in [6, 6.07) is 9.56. The van der Waals surface area contributed by atoms with E-state index in [0.29, 0.717) is 24.1 Å². The predicted octanol–water partition coefficient (Wildman–Crippen LogP) is 3.14. The first-order valence-corrected chi connectivity index (χ1v) is 7.12. The highest BCUT2D eigenvalue weighted by Crippen LogP contribution is 2.27. The molecule has 0 bridgehead atoms. The molecule has 7 heteroatoms. The number of aryl methyl sites for hydroxylation is 1. The van der Waals surface area contributed by atoms with Gasteiger partial charge in [0, 0.05) is 0 Å². The zero-order valence-electron chi connectivity index (χ0n) is 12.9. The Kier molecular flexibility index (Phi) is 4.37. The number of hydrogen-bond acceptors (Lipinski definition) is 7. The van der Waals surface area contributed by atoms with E-state index in [1.54, 1.807) is 19.6 Å². The Morgan fingerprint density at radius 1 is 1.26 bits per heavy atom. The maximum Gasteiger partial charge on any atom is 0.249 e. The highest BCUT2D eigenvalue weighted by Gasteiger charge is 2.07. The van der Waals surface area contributed by atoms with Crippen LogP contribution in [0.1, 0.15) is 11.3 Å². The standard InChI is InChI=1S/C16H17N5O2/c1-11-5-6-14(22-2)13(8-11)19-16-20-15(10-18-21-16)17-9-12-4-3-7-23-12/h3-8,10H,9H2,1-2H3,(H2,17,19,20,21). The van der Waals surface area contributed by atoms with Crippen molar-refractivity contribution in [3.05, 3.63) is 54.1 Å². The van der Waals surface area contributed by atoms with E-state index in [-0.39, 0.29) is 0 Å². The molecule has 0 aliphatic heterocycles. The molecule has 3 rings (SSSR count). The van der Waals surface area contributed by atoms with Crippen LogP contribution in [-0.4, -0.2) is 22.3 Å². The predicted molar refractivity (Wildman–Crippen MR) is 86.9 cm³/mol. The van der Waals surface area contributed by atoms with Crippen LogP contribution in [0.2, 0.25) is 0 Å². The molecule has 0 aliphatic carbocycles. The van der Waals surface area contributed by atoms with E-state index in [4.69, 9.17) is 9.15 Å². The highest BCUT2D eigenvalue weighted by molar-refractivity contribution is 5.63. The second-order valence-electron chi connectivity index (χ2n) is 4.93. The molecule has 0 spiro atoms. The molecule has 0 fully saturated rings. The van der Waals surface area contributed by atoms with Gasteiger partial charge in [-0.3, -0.25) is 0 Å². The Labute approximate surface area is 133 Å². The first-order chi connectivity index (χ1) is 11.2. The summed E-state index contributed by atoms with van der Waals surface area (Å²) in [6.45, 7) is 2.53. The first-order valence-electron chi connectivity index (χ1n) is 7.12. The summed E-state index contributed by atoms with van der Waals surface area (Å²) in [5.74, 6) is 2.52. The lowest BCUT2D eigenvalue weighted by molar-refractivity contribution is 0.416. The molecular weight excluding hydrogens is 294 g/mol. The van der Waals surface area contributed by atoms with Crippen LogP contribution in [0.25, 0.3) is 0 Å². The monoisotopic (exact) mass is 311 g/mol. The van der Waals surface area contributed by atoms with E-state index in [0.717, 1.165) is 17.0 Å². The number of hydrogen-bond donors (Lipinski definition) is 2. The van der Waals surface area contributed by atoms with Crippen molar-refractivity contribution in [1.29, 1.82) is 0 Å². The van der Waals surface area contributed by atoms with Gasteiger partial charge < -0.3 is 19.8 Å². The summed E-state index contributed by atoms with van der Waals surface area (Å²) < 4.78 is 10.6. The largest absolute Gasteiger partial charge is 0.495 e. The maximum absolute atomic E-state index is 5.33. The number of nitrogens with zero attached hydrogens (tertiary/aromatic N) is 3. The van der Waals surface area contributed by atoms with Crippen molar-refractivity contribution in [1.82, 2.24) is 15.2 Å². The van der Waals surface area contributed by atoms with E-state index >= 15 is 0 Å². The van der Waals surface area contributed by atoms with Crippen LogP contribution in [-0.2, 0) is 6.54 Å². The molecule has 2 heterocycles. The first kappa shape index (κ1) is 14.8.